The van der Waals surface area contributed by atoms with Gasteiger partial charge in [-0.15, -0.1) is 0 Å². The Balaban J connectivity index is 3.44. The highest BCUT2D eigenvalue weighted by Gasteiger charge is 2.21. The molecule has 0 aromatic heterocycles. The summed E-state index contributed by atoms with van der Waals surface area (Å²) in [5.74, 6) is 0. The van der Waals surface area contributed by atoms with Gasteiger partial charge >= 0.3 is 0 Å². The Morgan fingerprint density at radius 2 is 2.09 bits per heavy atom. The Hall–Kier alpha value is -0.120. The summed E-state index contributed by atoms with van der Waals surface area (Å²) in [6, 6.07) is 0. The normalized spacial score (nSPS) is 15.0. The van der Waals surface area contributed by atoms with Crippen molar-refractivity contribution < 1.29 is 5.11 Å². The van der Waals surface area contributed by atoms with Crippen molar-refractivity contribution in [1.29, 1.82) is 0 Å². The van der Waals surface area contributed by atoms with Gasteiger partial charge in [0.15, 0.2) is 0 Å². The van der Waals surface area contributed by atoms with Crippen LogP contribution >= 0.6 is 0 Å². The van der Waals surface area contributed by atoms with Crippen molar-refractivity contribution in [3.8, 4) is 0 Å². The average molecular weight is 160 g/mol. The van der Waals surface area contributed by atoms with E-state index in [0.29, 0.717) is 6.54 Å². The van der Waals surface area contributed by atoms with Gasteiger partial charge in [-0.1, -0.05) is 6.92 Å². The molecule has 0 bridgehead atoms. The number of hydrogen-bond donors (Lipinski definition) is 3. The zero-order chi connectivity index (χ0) is 8.91. The van der Waals surface area contributed by atoms with Gasteiger partial charge in [-0.2, -0.15) is 0 Å². The lowest BCUT2D eigenvalue weighted by molar-refractivity contribution is 0.103. The molecule has 1 atom stereocenters. The van der Waals surface area contributed by atoms with E-state index >= 15 is 0 Å². The fourth-order valence-electron chi connectivity index (χ4n) is 0.679. The van der Waals surface area contributed by atoms with Crippen LogP contribution in [-0.2, 0) is 0 Å². The molecular formula is C8H20N2O. The van der Waals surface area contributed by atoms with E-state index in [2.05, 4.69) is 12.2 Å². The monoisotopic (exact) mass is 160 g/mol. The Morgan fingerprint density at radius 3 is 2.45 bits per heavy atom. The van der Waals surface area contributed by atoms with Gasteiger partial charge in [-0.3, -0.25) is 0 Å². The van der Waals surface area contributed by atoms with Crippen molar-refractivity contribution in [2.75, 3.05) is 13.1 Å². The average Bonchev–Trinajstić information content (AvgIpc) is 1.86. The third-order valence-corrected chi connectivity index (χ3v) is 1.62. The summed E-state index contributed by atoms with van der Waals surface area (Å²) in [6.45, 7) is 7.26. The van der Waals surface area contributed by atoms with E-state index < -0.39 is 11.6 Å². The zero-order valence-corrected chi connectivity index (χ0v) is 7.72. The summed E-state index contributed by atoms with van der Waals surface area (Å²) in [4.78, 5) is 0. The van der Waals surface area contributed by atoms with Crippen LogP contribution in [0, 0.1) is 0 Å². The molecule has 11 heavy (non-hydrogen) atoms. The Bertz CT molecular complexity index is 98.8. The Kier molecular flexibility index (Phi) is 4.65. The first-order chi connectivity index (χ1) is 4.98. The van der Waals surface area contributed by atoms with E-state index in [1.54, 1.807) is 0 Å². The van der Waals surface area contributed by atoms with Crippen molar-refractivity contribution in [3.05, 3.63) is 0 Å². The van der Waals surface area contributed by atoms with Gasteiger partial charge in [0, 0.05) is 12.1 Å². The van der Waals surface area contributed by atoms with Gasteiger partial charge in [0.05, 0.1) is 6.10 Å². The van der Waals surface area contributed by atoms with Gasteiger partial charge in [-0.05, 0) is 26.8 Å². The van der Waals surface area contributed by atoms with Crippen LogP contribution in [0.5, 0.6) is 0 Å². The molecule has 68 valence electrons. The third-order valence-electron chi connectivity index (χ3n) is 1.62. The van der Waals surface area contributed by atoms with Gasteiger partial charge in [0.2, 0.25) is 0 Å². The van der Waals surface area contributed by atoms with Crippen molar-refractivity contribution in [3.63, 3.8) is 0 Å². The molecule has 0 aromatic rings. The first-order valence-corrected chi connectivity index (χ1v) is 4.16. The van der Waals surface area contributed by atoms with Gasteiger partial charge in [0.1, 0.15) is 0 Å². The molecule has 0 saturated carbocycles. The van der Waals surface area contributed by atoms with E-state index in [1.165, 1.54) is 0 Å². The SMILES string of the molecule is CCCNCC(O)C(C)(C)N. The highest BCUT2D eigenvalue weighted by molar-refractivity contribution is 4.82. The molecule has 0 amide bonds. The first kappa shape index (κ1) is 10.9. The number of nitrogens with one attached hydrogen (secondary N) is 1. The second-order valence-corrected chi connectivity index (χ2v) is 3.54. The van der Waals surface area contributed by atoms with E-state index in [9.17, 15) is 5.11 Å². The molecule has 0 aromatic carbocycles. The summed E-state index contributed by atoms with van der Waals surface area (Å²) in [5, 5.41) is 12.5. The van der Waals surface area contributed by atoms with Crippen LogP contribution in [0.15, 0.2) is 0 Å². The standard InChI is InChI=1S/C8H20N2O/c1-4-5-10-6-7(11)8(2,3)9/h7,10-11H,4-6,9H2,1-3H3. The second-order valence-electron chi connectivity index (χ2n) is 3.54. The molecule has 0 aliphatic heterocycles. The maximum absolute atomic E-state index is 9.42. The van der Waals surface area contributed by atoms with E-state index in [4.69, 9.17) is 5.73 Å². The molecule has 0 aliphatic carbocycles. The number of aliphatic hydroxyl groups is 1. The molecule has 4 N–H and O–H groups in total. The molecule has 0 aliphatic rings. The van der Waals surface area contributed by atoms with Crippen LogP contribution in [0.1, 0.15) is 27.2 Å². The molecule has 0 saturated heterocycles. The van der Waals surface area contributed by atoms with Gasteiger partial charge in [0.25, 0.3) is 0 Å². The number of aliphatic hydroxyl groups excluding tert-OH is 1. The fourth-order valence-corrected chi connectivity index (χ4v) is 0.679. The lowest BCUT2D eigenvalue weighted by atomic mass is 9.99. The highest BCUT2D eigenvalue weighted by Crippen LogP contribution is 2.02. The summed E-state index contributed by atoms with van der Waals surface area (Å²) in [7, 11) is 0. The lowest BCUT2D eigenvalue weighted by Gasteiger charge is -2.25. The van der Waals surface area contributed by atoms with Gasteiger partial charge < -0.3 is 16.2 Å². The largest absolute Gasteiger partial charge is 0.390 e. The first-order valence-electron chi connectivity index (χ1n) is 4.16. The Morgan fingerprint density at radius 1 is 1.55 bits per heavy atom. The molecule has 0 rings (SSSR count). The Labute approximate surface area is 69.0 Å². The molecule has 3 nitrogen and oxygen atoms in total. The summed E-state index contributed by atoms with van der Waals surface area (Å²) in [5.41, 5.74) is 5.17. The number of rotatable bonds is 5. The van der Waals surface area contributed by atoms with E-state index in [1.807, 2.05) is 13.8 Å². The zero-order valence-electron chi connectivity index (χ0n) is 7.72. The molecule has 0 spiro atoms. The number of nitrogens with two attached hydrogens (primary N) is 1. The number of hydrogen-bond acceptors (Lipinski definition) is 3. The molecule has 0 radical (unpaired) electrons. The second kappa shape index (κ2) is 4.70. The maximum atomic E-state index is 9.42. The highest BCUT2D eigenvalue weighted by atomic mass is 16.3. The van der Waals surface area contributed by atoms with Crippen LogP contribution in [0.4, 0.5) is 0 Å². The molecule has 1 unspecified atom stereocenters. The predicted octanol–water partition coefficient (Wildman–Crippen LogP) is 0.0842. The quantitative estimate of drug-likeness (QED) is 0.499. The summed E-state index contributed by atoms with van der Waals surface area (Å²) in [6.07, 6.45) is 0.617. The van der Waals surface area contributed by atoms with Crippen LogP contribution in [0.3, 0.4) is 0 Å². The molecule has 0 fully saturated rings. The topological polar surface area (TPSA) is 58.3 Å². The van der Waals surface area contributed by atoms with Crippen molar-refractivity contribution in [2.24, 2.45) is 5.73 Å². The summed E-state index contributed by atoms with van der Waals surface area (Å²) < 4.78 is 0. The fraction of sp³-hybridized carbons (Fsp3) is 1.00. The van der Waals surface area contributed by atoms with Crippen molar-refractivity contribution in [1.82, 2.24) is 5.32 Å². The summed E-state index contributed by atoms with van der Waals surface area (Å²) >= 11 is 0. The van der Waals surface area contributed by atoms with Crippen molar-refractivity contribution in [2.45, 2.75) is 38.8 Å². The van der Waals surface area contributed by atoms with Crippen molar-refractivity contribution >= 4 is 0 Å². The van der Waals surface area contributed by atoms with E-state index in [-0.39, 0.29) is 0 Å². The lowest BCUT2D eigenvalue weighted by Crippen LogP contribution is -2.49. The van der Waals surface area contributed by atoms with E-state index in [0.717, 1.165) is 13.0 Å². The molecule has 3 heteroatoms. The molecular weight excluding hydrogens is 140 g/mol. The minimum atomic E-state index is -0.499. The smallest absolute Gasteiger partial charge is 0.0838 e. The van der Waals surface area contributed by atoms with Crippen LogP contribution < -0.4 is 11.1 Å². The van der Waals surface area contributed by atoms with Gasteiger partial charge in [-0.25, -0.2) is 0 Å². The van der Waals surface area contributed by atoms with Crippen LogP contribution in [0.25, 0.3) is 0 Å². The minimum absolute atomic E-state index is 0.464. The minimum Gasteiger partial charge on any atom is -0.390 e. The van der Waals surface area contributed by atoms with Crippen LogP contribution in [0.2, 0.25) is 0 Å². The maximum Gasteiger partial charge on any atom is 0.0838 e. The van der Waals surface area contributed by atoms with Crippen LogP contribution in [-0.4, -0.2) is 29.8 Å². The predicted molar refractivity (Wildman–Crippen MR) is 47.4 cm³/mol. The molecule has 0 heterocycles. The third kappa shape index (κ3) is 5.18.